The minimum Gasteiger partial charge on any atom is -0.466 e. The summed E-state index contributed by atoms with van der Waals surface area (Å²) in [5.74, 6) is -0.976. The van der Waals surface area contributed by atoms with Crippen LogP contribution < -0.4 is 0 Å². The van der Waals surface area contributed by atoms with Crippen LogP contribution in [-0.4, -0.2) is 53.1 Å². The van der Waals surface area contributed by atoms with Gasteiger partial charge in [0.05, 0.1) is 24.7 Å². The smallest absolute Gasteiger partial charge is 0.311 e. The van der Waals surface area contributed by atoms with Crippen LogP contribution in [0.1, 0.15) is 54.9 Å². The predicted octanol–water partition coefficient (Wildman–Crippen LogP) is 5.20. The lowest BCUT2D eigenvalue weighted by Gasteiger charge is -2.43. The van der Waals surface area contributed by atoms with Gasteiger partial charge in [-0.2, -0.15) is 0 Å². The van der Waals surface area contributed by atoms with E-state index in [0.29, 0.717) is 19.6 Å². The van der Waals surface area contributed by atoms with Crippen molar-refractivity contribution in [3.8, 4) is 0 Å². The van der Waals surface area contributed by atoms with E-state index < -0.39 is 34.1 Å². The molecule has 1 N–H and O–H groups in total. The van der Waals surface area contributed by atoms with Crippen LogP contribution in [0, 0.1) is 11.3 Å². The van der Waals surface area contributed by atoms with Gasteiger partial charge < -0.3 is 18.7 Å². The van der Waals surface area contributed by atoms with Gasteiger partial charge in [-0.15, -0.1) is 0 Å². The average molecular weight is 435 g/mol. The average Bonchev–Trinajstić information content (AvgIpc) is 2.50. The standard InChI is InChI=1S/C21H46O5Si2/c1-13-24-19(23)16(2)18(22)21(6,7)17(26-27(8,9)10)14-15-25-28(11,12)20(3,4)5/h16-18,22H,13-15H2,1-12H3/t16-,17+,18-/m1/s1. The molecule has 0 fully saturated rings. The van der Waals surface area contributed by atoms with Crippen molar-refractivity contribution >= 4 is 22.6 Å². The Labute approximate surface area is 175 Å². The van der Waals surface area contributed by atoms with Gasteiger partial charge in [0.25, 0.3) is 0 Å². The fraction of sp³-hybridized carbons (Fsp3) is 0.952. The molecular weight excluding hydrogens is 388 g/mol. The van der Waals surface area contributed by atoms with Crippen molar-refractivity contribution in [3.05, 3.63) is 0 Å². The molecule has 168 valence electrons. The van der Waals surface area contributed by atoms with E-state index in [4.69, 9.17) is 13.6 Å². The second kappa shape index (κ2) is 10.2. The van der Waals surface area contributed by atoms with Gasteiger partial charge in [-0.3, -0.25) is 4.79 Å². The van der Waals surface area contributed by atoms with Crippen molar-refractivity contribution in [1.82, 2.24) is 0 Å². The minimum absolute atomic E-state index is 0.148. The fourth-order valence-electron chi connectivity index (χ4n) is 2.88. The largest absolute Gasteiger partial charge is 0.466 e. The molecule has 0 rings (SSSR count). The number of esters is 1. The number of aliphatic hydroxyl groups is 1. The molecule has 0 aromatic heterocycles. The number of carbonyl (C=O) groups is 1. The van der Waals surface area contributed by atoms with E-state index in [2.05, 4.69) is 53.5 Å². The molecule has 0 unspecified atom stereocenters. The van der Waals surface area contributed by atoms with E-state index in [-0.39, 0.29) is 17.1 Å². The lowest BCUT2D eigenvalue weighted by Crippen LogP contribution is -2.51. The summed E-state index contributed by atoms with van der Waals surface area (Å²) in [5, 5.41) is 11.1. The summed E-state index contributed by atoms with van der Waals surface area (Å²) in [7, 11) is -3.71. The predicted molar refractivity (Wildman–Crippen MR) is 122 cm³/mol. The van der Waals surface area contributed by atoms with Crippen LogP contribution in [0.4, 0.5) is 0 Å². The normalized spacial score (nSPS) is 17.2. The number of aliphatic hydroxyl groups excluding tert-OH is 1. The lowest BCUT2D eigenvalue weighted by atomic mass is 9.75. The Morgan fingerprint density at radius 1 is 1.04 bits per heavy atom. The third-order valence-electron chi connectivity index (χ3n) is 5.87. The third-order valence-corrected chi connectivity index (χ3v) is 11.4. The summed E-state index contributed by atoms with van der Waals surface area (Å²) in [6, 6.07) is 0. The minimum atomic E-state index is -1.86. The maximum absolute atomic E-state index is 12.2. The van der Waals surface area contributed by atoms with Crippen molar-refractivity contribution in [3.63, 3.8) is 0 Å². The summed E-state index contributed by atoms with van der Waals surface area (Å²) < 4.78 is 18.0. The SMILES string of the molecule is CCOC(=O)[C@H](C)[C@@H](O)C(C)(C)[C@H](CCO[Si](C)(C)C(C)(C)C)O[Si](C)(C)C. The van der Waals surface area contributed by atoms with Gasteiger partial charge in [-0.25, -0.2) is 0 Å². The van der Waals surface area contributed by atoms with Gasteiger partial charge in [0, 0.05) is 12.0 Å². The van der Waals surface area contributed by atoms with Gasteiger partial charge in [0.15, 0.2) is 16.6 Å². The number of ether oxygens (including phenoxy) is 1. The highest BCUT2D eigenvalue weighted by molar-refractivity contribution is 6.74. The first kappa shape index (κ1) is 27.8. The topological polar surface area (TPSA) is 65.0 Å². The quantitative estimate of drug-likeness (QED) is 0.357. The number of hydrogen-bond donors (Lipinski definition) is 1. The van der Waals surface area contributed by atoms with Gasteiger partial charge in [0.1, 0.15) is 0 Å². The summed E-state index contributed by atoms with van der Waals surface area (Å²) >= 11 is 0. The zero-order valence-corrected chi connectivity index (χ0v) is 22.4. The monoisotopic (exact) mass is 434 g/mol. The Morgan fingerprint density at radius 2 is 1.54 bits per heavy atom. The van der Waals surface area contributed by atoms with E-state index >= 15 is 0 Å². The van der Waals surface area contributed by atoms with Crippen LogP contribution in [0.15, 0.2) is 0 Å². The summed E-state index contributed by atoms with van der Waals surface area (Å²) in [5.41, 5.74) is -0.608. The first-order chi connectivity index (χ1) is 12.4. The molecule has 0 radical (unpaired) electrons. The maximum atomic E-state index is 12.2. The maximum Gasteiger partial charge on any atom is 0.311 e. The van der Waals surface area contributed by atoms with Crippen LogP contribution in [0.25, 0.3) is 0 Å². The van der Waals surface area contributed by atoms with Crippen LogP contribution in [0.5, 0.6) is 0 Å². The van der Waals surface area contributed by atoms with Gasteiger partial charge in [-0.05, 0) is 58.0 Å². The van der Waals surface area contributed by atoms with Crippen molar-refractivity contribution < 1.29 is 23.5 Å². The number of hydrogen-bond acceptors (Lipinski definition) is 5. The second-order valence-electron chi connectivity index (χ2n) is 10.9. The highest BCUT2D eigenvalue weighted by Gasteiger charge is 2.44. The number of rotatable bonds is 11. The molecule has 0 aliphatic carbocycles. The molecule has 0 spiro atoms. The molecule has 5 nitrogen and oxygen atoms in total. The van der Waals surface area contributed by atoms with Crippen molar-refractivity contribution in [2.24, 2.45) is 11.3 Å². The zero-order valence-electron chi connectivity index (χ0n) is 20.4. The van der Waals surface area contributed by atoms with Crippen LogP contribution in [0.2, 0.25) is 37.8 Å². The van der Waals surface area contributed by atoms with Gasteiger partial charge in [0.2, 0.25) is 0 Å². The highest BCUT2D eigenvalue weighted by atomic mass is 28.4. The molecular formula is C21H46O5Si2. The summed E-state index contributed by atoms with van der Waals surface area (Å²) in [6.07, 6.45) is -0.368. The Kier molecular flexibility index (Phi) is 10.1. The fourth-order valence-corrected chi connectivity index (χ4v) is 5.22. The molecule has 7 heteroatoms. The molecule has 0 heterocycles. The lowest BCUT2D eigenvalue weighted by molar-refractivity contribution is -0.157. The summed E-state index contributed by atoms with van der Waals surface area (Å²) in [6.45, 7) is 26.0. The first-order valence-corrected chi connectivity index (χ1v) is 16.8. The molecule has 3 atom stereocenters. The van der Waals surface area contributed by atoms with Crippen molar-refractivity contribution in [2.45, 2.75) is 105 Å². The van der Waals surface area contributed by atoms with E-state index in [9.17, 15) is 9.90 Å². The molecule has 0 aromatic carbocycles. The third kappa shape index (κ3) is 8.26. The molecule has 28 heavy (non-hydrogen) atoms. The Balaban J connectivity index is 5.39. The van der Waals surface area contributed by atoms with E-state index in [1.54, 1.807) is 13.8 Å². The molecule has 0 amide bonds. The van der Waals surface area contributed by atoms with Crippen LogP contribution in [0.3, 0.4) is 0 Å². The van der Waals surface area contributed by atoms with E-state index in [1.807, 2.05) is 13.8 Å². The Bertz CT molecular complexity index is 492. The van der Waals surface area contributed by atoms with Crippen molar-refractivity contribution in [2.75, 3.05) is 13.2 Å². The van der Waals surface area contributed by atoms with E-state index in [0.717, 1.165) is 0 Å². The molecule has 0 saturated heterocycles. The van der Waals surface area contributed by atoms with E-state index in [1.165, 1.54) is 0 Å². The molecule has 0 aliphatic heterocycles. The highest BCUT2D eigenvalue weighted by Crippen LogP contribution is 2.38. The molecule has 0 aliphatic rings. The molecule has 0 bridgehead atoms. The number of carbonyl (C=O) groups excluding carboxylic acids is 1. The molecule has 0 aromatic rings. The van der Waals surface area contributed by atoms with Gasteiger partial charge in [-0.1, -0.05) is 34.6 Å². The first-order valence-electron chi connectivity index (χ1n) is 10.5. The van der Waals surface area contributed by atoms with Crippen molar-refractivity contribution in [1.29, 1.82) is 0 Å². The Morgan fingerprint density at radius 3 is 1.93 bits per heavy atom. The second-order valence-corrected chi connectivity index (χ2v) is 20.2. The van der Waals surface area contributed by atoms with Gasteiger partial charge >= 0.3 is 5.97 Å². The zero-order chi connectivity index (χ0) is 22.6. The molecule has 0 saturated carbocycles. The van der Waals surface area contributed by atoms with Crippen LogP contribution >= 0.6 is 0 Å². The Hall–Kier alpha value is -0.216. The summed E-state index contributed by atoms with van der Waals surface area (Å²) in [4.78, 5) is 12.2. The van der Waals surface area contributed by atoms with Crippen LogP contribution in [-0.2, 0) is 18.4 Å².